The Labute approximate surface area is 133 Å². The second kappa shape index (κ2) is 10.2. The van der Waals surface area contributed by atoms with E-state index in [0.29, 0.717) is 3.43 Å². The van der Waals surface area contributed by atoms with Gasteiger partial charge in [0.25, 0.3) is 0 Å². The van der Waals surface area contributed by atoms with Gasteiger partial charge in [-0.3, -0.25) is 0 Å². The molecule has 0 bridgehead atoms. The summed E-state index contributed by atoms with van der Waals surface area (Å²) in [6.45, 7) is 7.00. The maximum absolute atomic E-state index is 4.62. The molecule has 1 rings (SSSR count). The molecule has 0 aliphatic rings. The van der Waals surface area contributed by atoms with Crippen molar-refractivity contribution in [1.82, 2.24) is 4.98 Å². The van der Waals surface area contributed by atoms with Crippen LogP contribution < -0.4 is 3.02 Å². The Morgan fingerprint density at radius 1 is 1.00 bits per heavy atom. The second-order valence-corrected chi connectivity index (χ2v) is 12.6. The SMILES string of the molecule is CCCC[C](CCCC)(CCCC)[Sn][c]1nccs1. The fourth-order valence-electron chi connectivity index (χ4n) is 2.62. The van der Waals surface area contributed by atoms with Gasteiger partial charge in [0.05, 0.1) is 0 Å². The first-order chi connectivity index (χ1) is 9.26. The van der Waals surface area contributed by atoms with Crippen molar-refractivity contribution < 1.29 is 0 Å². The summed E-state index contributed by atoms with van der Waals surface area (Å²) < 4.78 is 2.22. The van der Waals surface area contributed by atoms with Gasteiger partial charge >= 0.3 is 134 Å². The first kappa shape index (κ1) is 17.5. The molecule has 0 fully saturated rings. The number of hydrogen-bond donors (Lipinski definition) is 0. The second-order valence-electron chi connectivity index (χ2n) is 5.55. The molecule has 19 heavy (non-hydrogen) atoms. The van der Waals surface area contributed by atoms with Crippen LogP contribution >= 0.6 is 11.3 Å². The summed E-state index contributed by atoms with van der Waals surface area (Å²) in [5.74, 6) is 0. The van der Waals surface area contributed by atoms with E-state index in [2.05, 4.69) is 31.1 Å². The zero-order chi connectivity index (χ0) is 14.0. The van der Waals surface area contributed by atoms with Crippen molar-refractivity contribution in [1.29, 1.82) is 0 Å². The van der Waals surface area contributed by atoms with Gasteiger partial charge in [-0.1, -0.05) is 0 Å². The third-order valence-electron chi connectivity index (χ3n) is 3.83. The predicted octanol–water partition coefficient (Wildman–Crippen LogP) is 5.20. The molecule has 108 valence electrons. The average Bonchev–Trinajstić information content (AvgIpc) is 2.93. The molecule has 1 aromatic rings. The summed E-state index contributed by atoms with van der Waals surface area (Å²) in [5.41, 5.74) is 0. The standard InChI is InChI=1S/C13H27.C3H2NS.Sn/c1-4-7-10-13(11-8-5-2)12-9-6-3;1-2-5-3-4-1;/h4-12H2,1-3H3;1-2H;. The van der Waals surface area contributed by atoms with Crippen LogP contribution in [0.15, 0.2) is 11.6 Å². The van der Waals surface area contributed by atoms with E-state index >= 15 is 0 Å². The number of hydrogen-bond acceptors (Lipinski definition) is 2. The summed E-state index contributed by atoms with van der Waals surface area (Å²) in [5, 5.41) is 2.17. The molecule has 0 spiro atoms. The Balaban J connectivity index is 2.74. The van der Waals surface area contributed by atoms with Crippen LogP contribution in [0.2, 0.25) is 3.43 Å². The molecule has 0 N–H and O–H groups in total. The van der Waals surface area contributed by atoms with Crippen LogP contribution in [0, 0.1) is 0 Å². The molecule has 0 unspecified atom stereocenters. The Bertz CT molecular complexity index is 289. The van der Waals surface area contributed by atoms with Gasteiger partial charge < -0.3 is 0 Å². The van der Waals surface area contributed by atoms with Gasteiger partial charge in [-0.25, -0.2) is 0 Å². The van der Waals surface area contributed by atoms with E-state index in [1.54, 1.807) is 0 Å². The van der Waals surface area contributed by atoms with E-state index in [4.69, 9.17) is 0 Å². The molecule has 0 saturated heterocycles. The third kappa shape index (κ3) is 6.61. The monoisotopic (exact) mass is 387 g/mol. The normalized spacial score (nSPS) is 11.9. The molecule has 0 atom stereocenters. The van der Waals surface area contributed by atoms with E-state index in [9.17, 15) is 0 Å². The van der Waals surface area contributed by atoms with Crippen LogP contribution in [-0.4, -0.2) is 26.1 Å². The summed E-state index contributed by atoms with van der Waals surface area (Å²) in [6.07, 6.45) is 14.7. The zero-order valence-electron chi connectivity index (χ0n) is 12.9. The van der Waals surface area contributed by atoms with Crippen LogP contribution in [0.3, 0.4) is 0 Å². The minimum atomic E-state index is -0.536. The van der Waals surface area contributed by atoms with Crippen molar-refractivity contribution in [2.24, 2.45) is 0 Å². The Morgan fingerprint density at radius 2 is 1.53 bits per heavy atom. The summed E-state index contributed by atoms with van der Waals surface area (Å²) in [7, 11) is 0. The van der Waals surface area contributed by atoms with Crippen molar-refractivity contribution in [2.75, 3.05) is 0 Å². The van der Waals surface area contributed by atoms with Gasteiger partial charge in [0, 0.05) is 0 Å². The topological polar surface area (TPSA) is 12.9 Å². The molecule has 0 aliphatic carbocycles. The van der Waals surface area contributed by atoms with Crippen LogP contribution in [0.25, 0.3) is 0 Å². The van der Waals surface area contributed by atoms with Gasteiger partial charge in [0.15, 0.2) is 0 Å². The minimum absolute atomic E-state index is 0.536. The Hall–Kier alpha value is 0.429. The molecule has 0 aromatic carbocycles. The van der Waals surface area contributed by atoms with Gasteiger partial charge in [-0.2, -0.15) is 0 Å². The number of nitrogens with zero attached hydrogens (tertiary/aromatic N) is 1. The van der Waals surface area contributed by atoms with E-state index in [0.717, 1.165) is 0 Å². The summed E-state index contributed by atoms with van der Waals surface area (Å²) >= 11 is 1.38. The van der Waals surface area contributed by atoms with Gasteiger partial charge in [0.1, 0.15) is 0 Å². The number of aromatic nitrogens is 1. The van der Waals surface area contributed by atoms with Gasteiger partial charge in [-0.15, -0.1) is 0 Å². The number of unbranched alkanes of at least 4 members (excludes halogenated alkanes) is 3. The van der Waals surface area contributed by atoms with Gasteiger partial charge in [0.2, 0.25) is 0 Å². The van der Waals surface area contributed by atoms with Crippen molar-refractivity contribution in [3.8, 4) is 0 Å². The quantitative estimate of drug-likeness (QED) is 0.477. The van der Waals surface area contributed by atoms with Gasteiger partial charge in [-0.05, 0) is 0 Å². The fourth-order valence-corrected chi connectivity index (χ4v) is 9.87. The molecule has 0 saturated carbocycles. The molecular formula is C16H29NSSn. The van der Waals surface area contributed by atoms with Crippen LogP contribution in [0.1, 0.15) is 78.6 Å². The first-order valence-corrected chi connectivity index (χ1v) is 11.7. The molecule has 3 heteroatoms. The molecule has 0 amide bonds. The Morgan fingerprint density at radius 3 is 1.89 bits per heavy atom. The number of thiazole rings is 1. The molecule has 1 heterocycles. The van der Waals surface area contributed by atoms with Crippen molar-refractivity contribution in [2.45, 2.75) is 82.0 Å². The third-order valence-corrected chi connectivity index (χ3v) is 10.7. The molecular weight excluding hydrogens is 357 g/mol. The molecule has 0 aliphatic heterocycles. The van der Waals surface area contributed by atoms with Crippen molar-refractivity contribution in [3.05, 3.63) is 11.6 Å². The van der Waals surface area contributed by atoms with E-state index in [-0.39, 0.29) is 0 Å². The first-order valence-electron chi connectivity index (χ1n) is 7.94. The molecule has 1 nitrogen and oxygen atoms in total. The van der Waals surface area contributed by atoms with Crippen LogP contribution in [0.4, 0.5) is 0 Å². The summed E-state index contributed by atoms with van der Waals surface area (Å²) in [6, 6.07) is 0. The van der Waals surface area contributed by atoms with Crippen molar-refractivity contribution >= 4 is 35.5 Å². The number of rotatable bonds is 11. The average molecular weight is 386 g/mol. The van der Waals surface area contributed by atoms with Crippen LogP contribution in [0.5, 0.6) is 0 Å². The fraction of sp³-hybridized carbons (Fsp3) is 0.812. The van der Waals surface area contributed by atoms with E-state index < -0.39 is 21.1 Å². The molecule has 2 radical (unpaired) electrons. The van der Waals surface area contributed by atoms with E-state index in [1.165, 1.54) is 60.8 Å². The Kier molecular flexibility index (Phi) is 9.38. The predicted molar refractivity (Wildman–Crippen MR) is 88.8 cm³/mol. The van der Waals surface area contributed by atoms with E-state index in [1.807, 2.05) is 17.5 Å². The summed E-state index contributed by atoms with van der Waals surface area (Å²) in [4.78, 5) is 4.62. The maximum atomic E-state index is 4.62. The van der Waals surface area contributed by atoms with Crippen LogP contribution in [-0.2, 0) is 0 Å². The van der Waals surface area contributed by atoms with Crippen molar-refractivity contribution in [3.63, 3.8) is 0 Å². The molecule has 1 aromatic heterocycles. The zero-order valence-corrected chi connectivity index (χ0v) is 16.5.